The molecule has 0 atom stereocenters. The Hall–Kier alpha value is -7.49. The Labute approximate surface area is 326 Å². The highest BCUT2D eigenvalue weighted by Crippen LogP contribution is 2.44. The van der Waals surface area contributed by atoms with Crippen molar-refractivity contribution in [3.63, 3.8) is 0 Å². The number of rotatable bonds is 8. The molecule has 0 spiro atoms. The zero-order valence-electron chi connectivity index (χ0n) is 30.7. The number of H-pyrrole nitrogens is 1. The summed E-state index contributed by atoms with van der Waals surface area (Å²) in [5.41, 5.74) is 15.5. The Bertz CT molecular complexity index is 2880. The van der Waals surface area contributed by atoms with E-state index in [0.29, 0.717) is 0 Å². The van der Waals surface area contributed by atoms with Crippen LogP contribution in [0.15, 0.2) is 218 Å². The maximum Gasteiger partial charge on any atom is 0.138 e. The van der Waals surface area contributed by atoms with Gasteiger partial charge in [-0.3, -0.25) is 4.90 Å². The number of aromatic nitrogens is 2. The molecule has 0 aliphatic heterocycles. The van der Waals surface area contributed by atoms with Gasteiger partial charge in [0.05, 0.1) is 16.9 Å². The number of benzene rings is 8. The van der Waals surface area contributed by atoms with E-state index in [-0.39, 0.29) is 0 Å². The average molecular weight is 716 g/mol. The number of para-hydroxylation sites is 1. The van der Waals surface area contributed by atoms with Gasteiger partial charge in [0.15, 0.2) is 0 Å². The summed E-state index contributed by atoms with van der Waals surface area (Å²) in [6.07, 6.45) is 0. The van der Waals surface area contributed by atoms with Crippen LogP contribution < -0.4 is 4.90 Å². The van der Waals surface area contributed by atoms with E-state index < -0.39 is 0 Å². The fourth-order valence-corrected chi connectivity index (χ4v) is 7.82. The Morgan fingerprint density at radius 3 is 1.39 bits per heavy atom. The summed E-state index contributed by atoms with van der Waals surface area (Å²) in [5.74, 6) is 0.829. The van der Waals surface area contributed by atoms with Gasteiger partial charge < -0.3 is 4.98 Å². The van der Waals surface area contributed by atoms with Gasteiger partial charge >= 0.3 is 0 Å². The van der Waals surface area contributed by atoms with E-state index in [9.17, 15) is 0 Å². The van der Waals surface area contributed by atoms with Crippen molar-refractivity contribution in [3.05, 3.63) is 218 Å². The highest BCUT2D eigenvalue weighted by molar-refractivity contribution is 6.15. The van der Waals surface area contributed by atoms with Crippen molar-refractivity contribution in [1.82, 2.24) is 9.97 Å². The van der Waals surface area contributed by atoms with Crippen LogP contribution in [0, 0.1) is 0 Å². The number of hydrogen-bond acceptors (Lipinski definition) is 2. The van der Waals surface area contributed by atoms with Crippen LogP contribution in [0.25, 0.3) is 77.6 Å². The summed E-state index contributed by atoms with van der Waals surface area (Å²) in [6.45, 7) is 0. The van der Waals surface area contributed by atoms with Crippen LogP contribution in [-0.4, -0.2) is 9.97 Å². The van der Waals surface area contributed by atoms with Crippen LogP contribution >= 0.6 is 0 Å². The molecule has 0 fully saturated rings. The second kappa shape index (κ2) is 14.4. The molecule has 0 radical (unpaired) electrons. The summed E-state index contributed by atoms with van der Waals surface area (Å²) in [5, 5.41) is 2.34. The zero-order chi connectivity index (χ0) is 37.3. The molecule has 0 saturated carbocycles. The molecule has 10 aromatic rings. The number of nitrogens with one attached hydrogen (secondary N) is 1. The quantitative estimate of drug-likeness (QED) is 0.170. The maximum atomic E-state index is 5.49. The monoisotopic (exact) mass is 715 g/mol. The lowest BCUT2D eigenvalue weighted by Crippen LogP contribution is -2.12. The Balaban J connectivity index is 1.19. The number of nitrogens with zero attached hydrogens (tertiary/aromatic N) is 2. The Kier molecular flexibility index (Phi) is 8.51. The van der Waals surface area contributed by atoms with E-state index in [2.05, 4.69) is 228 Å². The van der Waals surface area contributed by atoms with Gasteiger partial charge in [-0.05, 0) is 111 Å². The lowest BCUT2D eigenvalue weighted by molar-refractivity contribution is 1.19. The molecule has 0 saturated heterocycles. The smallest absolute Gasteiger partial charge is 0.138 e. The largest absolute Gasteiger partial charge is 0.353 e. The first-order valence-corrected chi connectivity index (χ1v) is 19.0. The van der Waals surface area contributed by atoms with Crippen LogP contribution in [0.1, 0.15) is 0 Å². The van der Waals surface area contributed by atoms with Gasteiger partial charge in [-0.1, -0.05) is 152 Å². The van der Waals surface area contributed by atoms with Crippen molar-refractivity contribution in [1.29, 1.82) is 0 Å². The van der Waals surface area contributed by atoms with E-state index in [4.69, 9.17) is 4.98 Å². The molecule has 264 valence electrons. The molecule has 1 N–H and O–H groups in total. The van der Waals surface area contributed by atoms with E-state index in [0.717, 1.165) is 67.1 Å². The molecular weight excluding hydrogens is 679 g/mol. The second-order valence-corrected chi connectivity index (χ2v) is 14.1. The SMILES string of the molecule is c1ccc(-c2cc(-c3ccccc3)cc(-c3cccc(N(c4ccccc4)c4cc(-c5ccccc5)cc5c4[nH]c4ccc(-c6ccccc6)cc45)n3)c2)cc1. The fraction of sp³-hybridized carbons (Fsp3) is 0. The van der Waals surface area contributed by atoms with Crippen molar-refractivity contribution in [2.24, 2.45) is 0 Å². The molecule has 3 nitrogen and oxygen atoms in total. The predicted molar refractivity (Wildman–Crippen MR) is 235 cm³/mol. The highest BCUT2D eigenvalue weighted by Gasteiger charge is 2.21. The van der Waals surface area contributed by atoms with Crippen LogP contribution in [-0.2, 0) is 0 Å². The van der Waals surface area contributed by atoms with Gasteiger partial charge in [0, 0.05) is 27.5 Å². The summed E-state index contributed by atoms with van der Waals surface area (Å²) in [6, 6.07) is 77.5. The number of aromatic amines is 1. The molecule has 2 heterocycles. The zero-order valence-corrected chi connectivity index (χ0v) is 30.7. The minimum absolute atomic E-state index is 0.829. The molecule has 0 bridgehead atoms. The summed E-state index contributed by atoms with van der Waals surface area (Å²) in [4.78, 5) is 11.6. The normalized spacial score (nSPS) is 11.2. The van der Waals surface area contributed by atoms with Crippen molar-refractivity contribution in [2.45, 2.75) is 0 Å². The Morgan fingerprint density at radius 2 is 0.821 bits per heavy atom. The van der Waals surface area contributed by atoms with Crippen LogP contribution in [0.5, 0.6) is 0 Å². The van der Waals surface area contributed by atoms with E-state index >= 15 is 0 Å². The standard InChI is InChI=1S/C53H37N3/c1-6-17-37(18-7-1)41-29-30-50-47(34-41)48-35-44(40-23-12-4-13-24-40)36-51(53(48)55-50)56(46-25-14-5-15-26-46)52-28-16-27-49(54-52)45-32-42(38-19-8-2-9-20-38)31-43(33-45)39-21-10-3-11-22-39/h1-36,55H. The third kappa shape index (κ3) is 6.31. The molecular formula is C53H37N3. The molecule has 8 aromatic carbocycles. The molecule has 0 aliphatic carbocycles. The van der Waals surface area contributed by atoms with Gasteiger partial charge in [-0.2, -0.15) is 0 Å². The Morgan fingerprint density at radius 1 is 0.339 bits per heavy atom. The fourth-order valence-electron chi connectivity index (χ4n) is 7.82. The first kappa shape index (κ1) is 33.1. The van der Waals surface area contributed by atoms with E-state index in [1.807, 2.05) is 0 Å². The van der Waals surface area contributed by atoms with Gasteiger partial charge in [0.2, 0.25) is 0 Å². The lowest BCUT2D eigenvalue weighted by Gasteiger charge is -2.26. The van der Waals surface area contributed by atoms with Crippen molar-refractivity contribution in [3.8, 4) is 55.8 Å². The third-order valence-electron chi connectivity index (χ3n) is 10.6. The first-order valence-electron chi connectivity index (χ1n) is 19.0. The number of anilines is 3. The van der Waals surface area contributed by atoms with Gasteiger partial charge in [0.25, 0.3) is 0 Å². The second-order valence-electron chi connectivity index (χ2n) is 14.1. The molecule has 0 unspecified atom stereocenters. The minimum atomic E-state index is 0.829. The number of hydrogen-bond donors (Lipinski definition) is 1. The highest BCUT2D eigenvalue weighted by atomic mass is 15.2. The topological polar surface area (TPSA) is 31.9 Å². The van der Waals surface area contributed by atoms with Crippen LogP contribution in [0.4, 0.5) is 17.2 Å². The molecule has 56 heavy (non-hydrogen) atoms. The van der Waals surface area contributed by atoms with Gasteiger partial charge in [-0.15, -0.1) is 0 Å². The molecule has 0 aliphatic rings. The van der Waals surface area contributed by atoms with Crippen molar-refractivity contribution >= 4 is 39.0 Å². The predicted octanol–water partition coefficient (Wildman–Crippen LogP) is 14.5. The minimum Gasteiger partial charge on any atom is -0.353 e. The molecule has 0 amide bonds. The third-order valence-corrected chi connectivity index (χ3v) is 10.6. The molecule has 2 aromatic heterocycles. The van der Waals surface area contributed by atoms with Crippen LogP contribution in [0.3, 0.4) is 0 Å². The first-order chi connectivity index (χ1) is 27.7. The van der Waals surface area contributed by atoms with E-state index in [1.54, 1.807) is 0 Å². The van der Waals surface area contributed by atoms with Crippen molar-refractivity contribution < 1.29 is 0 Å². The summed E-state index contributed by atoms with van der Waals surface area (Å²) < 4.78 is 0. The summed E-state index contributed by atoms with van der Waals surface area (Å²) in [7, 11) is 0. The average Bonchev–Trinajstić information content (AvgIpc) is 3.66. The van der Waals surface area contributed by atoms with Gasteiger partial charge in [0.1, 0.15) is 5.82 Å². The lowest BCUT2D eigenvalue weighted by atomic mass is 9.95. The van der Waals surface area contributed by atoms with E-state index in [1.165, 1.54) is 27.6 Å². The molecule has 3 heteroatoms. The van der Waals surface area contributed by atoms with Gasteiger partial charge in [-0.25, -0.2) is 4.98 Å². The molecule has 10 rings (SSSR count). The number of fused-ring (bicyclic) bond motifs is 3. The summed E-state index contributed by atoms with van der Waals surface area (Å²) >= 11 is 0. The maximum absolute atomic E-state index is 5.49. The number of pyridine rings is 1. The van der Waals surface area contributed by atoms with Crippen molar-refractivity contribution in [2.75, 3.05) is 4.90 Å². The van der Waals surface area contributed by atoms with Crippen LogP contribution in [0.2, 0.25) is 0 Å².